The van der Waals surface area contributed by atoms with E-state index in [1.165, 1.54) is 5.56 Å². The molecule has 0 N–H and O–H groups in total. The van der Waals surface area contributed by atoms with E-state index in [9.17, 15) is 0 Å². The number of ether oxygens (including phenoxy) is 1. The molecular weight excluding hydrogens is 172 g/mol. The van der Waals surface area contributed by atoms with E-state index in [0.717, 1.165) is 11.5 Å². The van der Waals surface area contributed by atoms with Gasteiger partial charge in [-0.1, -0.05) is 24.3 Å². The van der Waals surface area contributed by atoms with Gasteiger partial charge in [0, 0.05) is 0 Å². The molecule has 2 rings (SSSR count). The van der Waals surface area contributed by atoms with Gasteiger partial charge in [-0.25, -0.2) is 0 Å². The standard InChI is InChI=1S/C13H11O/c1-11-6-5-9-13(10-11)14-12-7-3-2-4-8-12/h3-10H,1H3. The molecule has 0 amide bonds. The van der Waals surface area contributed by atoms with Crippen LogP contribution in [-0.2, 0) is 0 Å². The maximum atomic E-state index is 5.64. The number of hydrogen-bond acceptors (Lipinski definition) is 1. The highest BCUT2D eigenvalue weighted by Crippen LogP contribution is 2.20. The summed E-state index contributed by atoms with van der Waals surface area (Å²) >= 11 is 0. The molecule has 0 fully saturated rings. The Morgan fingerprint density at radius 1 is 1.00 bits per heavy atom. The normalized spacial score (nSPS) is 9.79. The van der Waals surface area contributed by atoms with Gasteiger partial charge >= 0.3 is 0 Å². The monoisotopic (exact) mass is 183 g/mol. The van der Waals surface area contributed by atoms with Crippen molar-refractivity contribution in [3.05, 3.63) is 60.2 Å². The van der Waals surface area contributed by atoms with Crippen molar-refractivity contribution in [1.82, 2.24) is 0 Å². The Kier molecular flexibility index (Phi) is 2.50. The molecule has 0 aromatic heterocycles. The highest BCUT2D eigenvalue weighted by molar-refractivity contribution is 5.33. The van der Waals surface area contributed by atoms with E-state index < -0.39 is 0 Å². The largest absolute Gasteiger partial charge is 0.457 e. The molecule has 0 bridgehead atoms. The fourth-order valence-corrected chi connectivity index (χ4v) is 1.25. The van der Waals surface area contributed by atoms with Gasteiger partial charge in [-0.2, -0.15) is 0 Å². The molecule has 0 unspecified atom stereocenters. The fraction of sp³-hybridized carbons (Fsp3) is 0.0769. The van der Waals surface area contributed by atoms with E-state index >= 15 is 0 Å². The first-order valence-electron chi connectivity index (χ1n) is 4.55. The van der Waals surface area contributed by atoms with Crippen LogP contribution in [0.15, 0.2) is 48.5 Å². The molecule has 69 valence electrons. The fourth-order valence-electron chi connectivity index (χ4n) is 1.25. The van der Waals surface area contributed by atoms with Gasteiger partial charge in [0.05, 0.1) is 0 Å². The van der Waals surface area contributed by atoms with Gasteiger partial charge in [-0.3, -0.25) is 0 Å². The average molecular weight is 183 g/mol. The Morgan fingerprint density at radius 2 is 1.79 bits per heavy atom. The molecule has 0 heterocycles. The topological polar surface area (TPSA) is 9.23 Å². The molecule has 1 radical (unpaired) electrons. The van der Waals surface area contributed by atoms with Crippen LogP contribution in [0.1, 0.15) is 5.56 Å². The van der Waals surface area contributed by atoms with Crippen molar-refractivity contribution in [3.8, 4) is 11.5 Å². The Morgan fingerprint density at radius 3 is 2.50 bits per heavy atom. The van der Waals surface area contributed by atoms with Crippen LogP contribution in [0.25, 0.3) is 0 Å². The molecule has 0 aliphatic rings. The van der Waals surface area contributed by atoms with E-state index in [1.54, 1.807) is 0 Å². The van der Waals surface area contributed by atoms with Gasteiger partial charge in [0.25, 0.3) is 0 Å². The van der Waals surface area contributed by atoms with Crippen molar-refractivity contribution in [2.45, 2.75) is 6.92 Å². The number of hydrogen-bond donors (Lipinski definition) is 0. The van der Waals surface area contributed by atoms with Crippen molar-refractivity contribution in [3.63, 3.8) is 0 Å². The second-order valence-corrected chi connectivity index (χ2v) is 3.15. The first-order chi connectivity index (χ1) is 6.84. The summed E-state index contributed by atoms with van der Waals surface area (Å²) in [5.41, 5.74) is 1.20. The lowest BCUT2D eigenvalue weighted by atomic mass is 10.2. The highest BCUT2D eigenvalue weighted by Gasteiger charge is 1.95. The molecule has 2 aromatic carbocycles. The smallest absolute Gasteiger partial charge is 0.127 e. The Hall–Kier alpha value is -1.76. The Balaban J connectivity index is 2.19. The lowest BCUT2D eigenvalue weighted by molar-refractivity contribution is 0.482. The minimum atomic E-state index is 0.842. The third-order valence-corrected chi connectivity index (χ3v) is 1.91. The molecule has 1 heteroatoms. The summed E-state index contributed by atoms with van der Waals surface area (Å²) in [5.74, 6) is 1.71. The summed E-state index contributed by atoms with van der Waals surface area (Å²) in [6.45, 7) is 2.05. The first kappa shape index (κ1) is 8.82. The minimum Gasteiger partial charge on any atom is -0.457 e. The molecule has 0 spiro atoms. The molecule has 0 atom stereocenters. The zero-order valence-electron chi connectivity index (χ0n) is 8.03. The third kappa shape index (κ3) is 2.13. The van der Waals surface area contributed by atoms with Crippen LogP contribution in [0, 0.1) is 13.0 Å². The van der Waals surface area contributed by atoms with Gasteiger partial charge in [-0.05, 0) is 42.8 Å². The van der Waals surface area contributed by atoms with Crippen LogP contribution in [0.5, 0.6) is 11.5 Å². The minimum absolute atomic E-state index is 0.842. The number of rotatable bonds is 2. The molecule has 0 saturated heterocycles. The Labute approximate surface area is 84.0 Å². The van der Waals surface area contributed by atoms with E-state index in [-0.39, 0.29) is 0 Å². The van der Waals surface area contributed by atoms with E-state index in [2.05, 4.69) is 6.07 Å². The van der Waals surface area contributed by atoms with Crippen LogP contribution >= 0.6 is 0 Å². The molecule has 0 aliphatic carbocycles. The van der Waals surface area contributed by atoms with Gasteiger partial charge in [0.15, 0.2) is 0 Å². The first-order valence-corrected chi connectivity index (χ1v) is 4.55. The van der Waals surface area contributed by atoms with Gasteiger partial charge in [0.2, 0.25) is 0 Å². The van der Waals surface area contributed by atoms with E-state index in [0.29, 0.717) is 0 Å². The van der Waals surface area contributed by atoms with Crippen molar-refractivity contribution in [2.24, 2.45) is 0 Å². The summed E-state index contributed by atoms with van der Waals surface area (Å²) in [7, 11) is 0. The van der Waals surface area contributed by atoms with Gasteiger partial charge in [0.1, 0.15) is 11.5 Å². The summed E-state index contributed by atoms with van der Waals surface area (Å²) in [6, 6.07) is 18.4. The third-order valence-electron chi connectivity index (χ3n) is 1.91. The number of aryl methyl sites for hydroxylation is 1. The maximum Gasteiger partial charge on any atom is 0.127 e. The second-order valence-electron chi connectivity index (χ2n) is 3.15. The zero-order chi connectivity index (χ0) is 9.80. The van der Waals surface area contributed by atoms with Crippen LogP contribution in [0.4, 0.5) is 0 Å². The molecule has 0 aliphatic heterocycles. The second kappa shape index (κ2) is 3.97. The molecular formula is C13H11O. The Bertz CT molecular complexity index is 407. The van der Waals surface area contributed by atoms with Crippen molar-refractivity contribution in [2.75, 3.05) is 0 Å². The SMILES string of the molecule is Cc1cccc(Oc2cc[c]cc2)c1. The van der Waals surface area contributed by atoms with Crippen LogP contribution in [0.3, 0.4) is 0 Å². The van der Waals surface area contributed by atoms with E-state index in [1.807, 2.05) is 55.5 Å². The quantitative estimate of drug-likeness (QED) is 0.691. The van der Waals surface area contributed by atoms with Gasteiger partial charge < -0.3 is 4.74 Å². The zero-order valence-corrected chi connectivity index (χ0v) is 8.03. The molecule has 2 aromatic rings. The van der Waals surface area contributed by atoms with Crippen molar-refractivity contribution >= 4 is 0 Å². The predicted molar refractivity (Wildman–Crippen MR) is 56.5 cm³/mol. The predicted octanol–water partition coefficient (Wildman–Crippen LogP) is 3.59. The lowest BCUT2D eigenvalue weighted by Gasteiger charge is -2.05. The van der Waals surface area contributed by atoms with Crippen LogP contribution in [-0.4, -0.2) is 0 Å². The number of benzene rings is 2. The average Bonchev–Trinajstić information content (AvgIpc) is 2.19. The maximum absolute atomic E-state index is 5.64. The van der Waals surface area contributed by atoms with E-state index in [4.69, 9.17) is 4.74 Å². The molecule has 1 nitrogen and oxygen atoms in total. The van der Waals surface area contributed by atoms with Crippen LogP contribution < -0.4 is 4.74 Å². The molecule has 0 saturated carbocycles. The van der Waals surface area contributed by atoms with Crippen LogP contribution in [0.2, 0.25) is 0 Å². The summed E-state index contributed by atoms with van der Waals surface area (Å²) < 4.78 is 5.64. The molecule has 14 heavy (non-hydrogen) atoms. The lowest BCUT2D eigenvalue weighted by Crippen LogP contribution is -1.83. The summed E-state index contributed by atoms with van der Waals surface area (Å²) in [5, 5.41) is 0. The summed E-state index contributed by atoms with van der Waals surface area (Å²) in [4.78, 5) is 0. The highest BCUT2D eigenvalue weighted by atomic mass is 16.5. The van der Waals surface area contributed by atoms with Crippen molar-refractivity contribution < 1.29 is 4.74 Å². The van der Waals surface area contributed by atoms with Crippen molar-refractivity contribution in [1.29, 1.82) is 0 Å². The summed E-state index contributed by atoms with van der Waals surface area (Å²) in [6.07, 6.45) is 0. The van der Waals surface area contributed by atoms with Gasteiger partial charge in [-0.15, -0.1) is 0 Å².